The standard InChI is InChI=1S/C24H24BrN5O/c1-15-22(16(2)30(28-15)19-9-7-18(25)8-10-19)24(31)29-13-11-17(12-14-29)23-26-20-5-3-4-6-21(20)27-23/h3-10,17H,11-14H2,1-2H3,(H,26,27). The van der Waals surface area contributed by atoms with Crippen LogP contribution in [0.4, 0.5) is 0 Å². The second kappa shape index (κ2) is 7.96. The fourth-order valence-electron chi connectivity index (χ4n) is 4.47. The summed E-state index contributed by atoms with van der Waals surface area (Å²) in [6.07, 6.45) is 1.81. The fraction of sp³-hybridized carbons (Fsp3) is 0.292. The van der Waals surface area contributed by atoms with Crippen molar-refractivity contribution in [3.05, 3.63) is 75.8 Å². The fourth-order valence-corrected chi connectivity index (χ4v) is 4.73. The number of benzene rings is 2. The Morgan fingerprint density at radius 3 is 2.48 bits per heavy atom. The Morgan fingerprint density at radius 2 is 1.77 bits per heavy atom. The van der Waals surface area contributed by atoms with Gasteiger partial charge in [0.15, 0.2) is 0 Å². The highest BCUT2D eigenvalue weighted by atomic mass is 79.9. The molecule has 2 aromatic heterocycles. The molecule has 0 unspecified atom stereocenters. The summed E-state index contributed by atoms with van der Waals surface area (Å²) in [6, 6.07) is 16.1. The van der Waals surface area contributed by atoms with Crippen LogP contribution in [-0.4, -0.2) is 43.6 Å². The maximum Gasteiger partial charge on any atom is 0.257 e. The van der Waals surface area contributed by atoms with Gasteiger partial charge < -0.3 is 9.88 Å². The molecule has 7 heteroatoms. The molecule has 6 nitrogen and oxygen atoms in total. The Hall–Kier alpha value is -2.93. The molecule has 2 aromatic carbocycles. The summed E-state index contributed by atoms with van der Waals surface area (Å²) in [6.45, 7) is 5.33. The number of halogens is 1. The summed E-state index contributed by atoms with van der Waals surface area (Å²) in [5, 5.41) is 4.65. The SMILES string of the molecule is Cc1nn(-c2ccc(Br)cc2)c(C)c1C(=O)N1CCC(c2nc3ccccc3[nH]2)CC1. The molecule has 1 aliphatic heterocycles. The maximum atomic E-state index is 13.4. The van der Waals surface area contributed by atoms with Crippen LogP contribution in [0.3, 0.4) is 0 Å². The molecule has 1 aliphatic rings. The van der Waals surface area contributed by atoms with Gasteiger partial charge in [-0.25, -0.2) is 9.67 Å². The van der Waals surface area contributed by atoms with E-state index >= 15 is 0 Å². The normalized spacial score (nSPS) is 15.0. The van der Waals surface area contributed by atoms with Gasteiger partial charge in [0.1, 0.15) is 5.82 Å². The topological polar surface area (TPSA) is 66.8 Å². The largest absolute Gasteiger partial charge is 0.342 e. The first kappa shape index (κ1) is 20.0. The maximum absolute atomic E-state index is 13.4. The number of nitrogens with zero attached hydrogens (tertiary/aromatic N) is 4. The van der Waals surface area contributed by atoms with Crippen molar-refractivity contribution < 1.29 is 4.79 Å². The quantitative estimate of drug-likeness (QED) is 0.443. The van der Waals surface area contributed by atoms with Crippen molar-refractivity contribution in [2.75, 3.05) is 13.1 Å². The number of carbonyl (C=O) groups is 1. The Bertz CT molecular complexity index is 1220. The van der Waals surface area contributed by atoms with Crippen LogP contribution in [0.5, 0.6) is 0 Å². The van der Waals surface area contributed by atoms with Gasteiger partial charge in [-0.05, 0) is 63.1 Å². The Kier molecular flexibility index (Phi) is 5.14. The predicted molar refractivity (Wildman–Crippen MR) is 125 cm³/mol. The van der Waals surface area contributed by atoms with Gasteiger partial charge >= 0.3 is 0 Å². The van der Waals surface area contributed by atoms with Crippen molar-refractivity contribution in [3.8, 4) is 5.69 Å². The minimum Gasteiger partial charge on any atom is -0.342 e. The number of aryl methyl sites for hydroxylation is 1. The van der Waals surface area contributed by atoms with E-state index in [2.05, 4.69) is 32.1 Å². The summed E-state index contributed by atoms with van der Waals surface area (Å²) in [7, 11) is 0. The summed E-state index contributed by atoms with van der Waals surface area (Å²) >= 11 is 3.47. The number of piperidine rings is 1. The average Bonchev–Trinajstić information content (AvgIpc) is 3.34. The van der Waals surface area contributed by atoms with Crippen molar-refractivity contribution in [2.24, 2.45) is 0 Å². The molecule has 0 spiro atoms. The van der Waals surface area contributed by atoms with Gasteiger partial charge in [0, 0.05) is 23.5 Å². The number of H-pyrrole nitrogens is 1. The van der Waals surface area contributed by atoms with E-state index in [1.165, 1.54) is 0 Å². The molecule has 4 aromatic rings. The van der Waals surface area contributed by atoms with E-state index in [1.54, 1.807) is 0 Å². The molecule has 0 aliphatic carbocycles. The monoisotopic (exact) mass is 477 g/mol. The molecule has 1 amide bonds. The van der Waals surface area contributed by atoms with E-state index in [4.69, 9.17) is 4.98 Å². The summed E-state index contributed by atoms with van der Waals surface area (Å²) in [5.74, 6) is 1.45. The molecule has 1 saturated heterocycles. The van der Waals surface area contributed by atoms with E-state index in [9.17, 15) is 4.79 Å². The first-order valence-corrected chi connectivity index (χ1v) is 11.4. The number of fused-ring (bicyclic) bond motifs is 1. The van der Waals surface area contributed by atoms with Crippen molar-refractivity contribution in [1.82, 2.24) is 24.6 Å². The third kappa shape index (κ3) is 3.67. The van der Waals surface area contributed by atoms with Crippen molar-refractivity contribution in [1.29, 1.82) is 0 Å². The van der Waals surface area contributed by atoms with Gasteiger partial charge in [0.2, 0.25) is 0 Å². The molecule has 1 fully saturated rings. The van der Waals surface area contributed by atoms with Gasteiger partial charge in [0.05, 0.1) is 33.7 Å². The molecule has 0 atom stereocenters. The van der Waals surface area contributed by atoms with Crippen molar-refractivity contribution >= 4 is 32.9 Å². The van der Waals surface area contributed by atoms with Crippen LogP contribution in [0.15, 0.2) is 53.0 Å². The number of likely N-dealkylation sites (tertiary alicyclic amines) is 1. The molecule has 158 valence electrons. The van der Waals surface area contributed by atoms with Gasteiger partial charge in [-0.1, -0.05) is 28.1 Å². The highest BCUT2D eigenvalue weighted by Crippen LogP contribution is 2.29. The zero-order chi connectivity index (χ0) is 21.5. The van der Waals surface area contributed by atoms with Gasteiger partial charge in [-0.15, -0.1) is 0 Å². The van der Waals surface area contributed by atoms with Crippen LogP contribution < -0.4 is 0 Å². The molecule has 0 bridgehead atoms. The lowest BCUT2D eigenvalue weighted by molar-refractivity contribution is 0.0710. The highest BCUT2D eigenvalue weighted by Gasteiger charge is 2.29. The molecule has 0 saturated carbocycles. The van der Waals surface area contributed by atoms with Gasteiger partial charge in [0.25, 0.3) is 5.91 Å². The predicted octanol–water partition coefficient (Wildman–Crippen LogP) is 5.15. The highest BCUT2D eigenvalue weighted by molar-refractivity contribution is 9.10. The van der Waals surface area contributed by atoms with Crippen molar-refractivity contribution in [3.63, 3.8) is 0 Å². The van der Waals surface area contributed by atoms with Gasteiger partial charge in [-0.3, -0.25) is 4.79 Å². The van der Waals surface area contributed by atoms with Crippen LogP contribution in [0.2, 0.25) is 0 Å². The van der Waals surface area contributed by atoms with Gasteiger partial charge in [-0.2, -0.15) is 5.10 Å². The van der Waals surface area contributed by atoms with Crippen LogP contribution >= 0.6 is 15.9 Å². The number of para-hydroxylation sites is 2. The number of rotatable bonds is 3. The molecule has 3 heterocycles. The molecule has 5 rings (SSSR count). The smallest absolute Gasteiger partial charge is 0.257 e. The zero-order valence-corrected chi connectivity index (χ0v) is 19.2. The first-order valence-electron chi connectivity index (χ1n) is 10.6. The second-order valence-electron chi connectivity index (χ2n) is 8.14. The minimum atomic E-state index is 0.0708. The van der Waals surface area contributed by atoms with Crippen molar-refractivity contribution in [2.45, 2.75) is 32.6 Å². The molecular formula is C24H24BrN5O. The third-order valence-electron chi connectivity index (χ3n) is 6.15. The summed E-state index contributed by atoms with van der Waals surface area (Å²) in [4.78, 5) is 23.5. The lowest BCUT2D eigenvalue weighted by atomic mass is 9.95. The number of aromatic nitrogens is 4. The molecule has 31 heavy (non-hydrogen) atoms. The number of aromatic amines is 1. The second-order valence-corrected chi connectivity index (χ2v) is 9.06. The number of nitrogens with one attached hydrogen (secondary N) is 1. The number of hydrogen-bond donors (Lipinski definition) is 1. The molecule has 1 N–H and O–H groups in total. The number of hydrogen-bond acceptors (Lipinski definition) is 3. The summed E-state index contributed by atoms with van der Waals surface area (Å²) in [5.41, 5.74) is 5.39. The van der Waals surface area contributed by atoms with Crippen LogP contribution in [0.1, 0.15) is 46.3 Å². The Balaban J connectivity index is 1.33. The van der Waals surface area contributed by atoms with Crippen LogP contribution in [0, 0.1) is 13.8 Å². The number of amides is 1. The Labute approximate surface area is 189 Å². The van der Waals surface area contributed by atoms with E-state index in [1.807, 2.05) is 65.9 Å². The molecule has 0 radical (unpaired) electrons. The average molecular weight is 478 g/mol. The van der Waals surface area contributed by atoms with E-state index in [0.29, 0.717) is 11.5 Å². The summed E-state index contributed by atoms with van der Waals surface area (Å²) < 4.78 is 2.87. The van der Waals surface area contributed by atoms with Crippen LogP contribution in [0.25, 0.3) is 16.7 Å². The van der Waals surface area contributed by atoms with E-state index in [-0.39, 0.29) is 5.91 Å². The van der Waals surface area contributed by atoms with Crippen LogP contribution in [-0.2, 0) is 0 Å². The lowest BCUT2D eigenvalue weighted by Crippen LogP contribution is -2.38. The minimum absolute atomic E-state index is 0.0708. The molecular weight excluding hydrogens is 454 g/mol. The number of carbonyl (C=O) groups excluding carboxylic acids is 1. The third-order valence-corrected chi connectivity index (χ3v) is 6.68. The zero-order valence-electron chi connectivity index (χ0n) is 17.6. The van der Waals surface area contributed by atoms with E-state index < -0.39 is 0 Å². The Morgan fingerprint density at radius 1 is 1.06 bits per heavy atom. The van der Waals surface area contributed by atoms with E-state index in [0.717, 1.165) is 64.3 Å². The first-order chi connectivity index (χ1) is 15.0. The lowest BCUT2D eigenvalue weighted by Gasteiger charge is -2.31. The number of imidazole rings is 1.